The largest absolute Gasteiger partial charge is 0.616 e. The summed E-state index contributed by atoms with van der Waals surface area (Å²) >= 11 is 0. The molecule has 0 aromatic carbocycles. The van der Waals surface area contributed by atoms with Gasteiger partial charge in [0.2, 0.25) is 0 Å². The molecule has 6 heteroatoms. The van der Waals surface area contributed by atoms with Crippen LogP contribution in [0.4, 0.5) is 5.69 Å². The molecule has 0 bridgehead atoms. The van der Waals surface area contributed by atoms with Gasteiger partial charge in [0.05, 0.1) is 11.0 Å². The highest BCUT2D eigenvalue weighted by atomic mass is 16.6. The first-order valence-electron chi connectivity index (χ1n) is 2.68. The molecule has 1 rings (SSSR count). The lowest BCUT2D eigenvalue weighted by Crippen LogP contribution is -2.24. The minimum absolute atomic E-state index is 0.132. The van der Waals surface area contributed by atoms with E-state index in [1.54, 1.807) is 0 Å². The molecule has 0 saturated heterocycles. The van der Waals surface area contributed by atoms with Gasteiger partial charge >= 0.3 is 5.88 Å². The van der Waals surface area contributed by atoms with Crippen molar-refractivity contribution in [2.24, 2.45) is 0 Å². The van der Waals surface area contributed by atoms with E-state index in [0.29, 0.717) is 0 Å². The van der Waals surface area contributed by atoms with E-state index < -0.39 is 10.8 Å². The molecule has 0 amide bonds. The minimum Gasteiger partial charge on any atom is -0.616 e. The summed E-state index contributed by atoms with van der Waals surface area (Å²) in [6, 6.07) is 1.79. The molecule has 0 aliphatic carbocycles. The summed E-state index contributed by atoms with van der Waals surface area (Å²) in [5, 5.41) is 29.2. The van der Waals surface area contributed by atoms with E-state index in [0.717, 1.165) is 18.3 Å². The third kappa shape index (κ3) is 1.34. The molecule has 11 heavy (non-hydrogen) atoms. The van der Waals surface area contributed by atoms with Gasteiger partial charge in [-0.15, -0.1) is 4.73 Å². The van der Waals surface area contributed by atoms with Gasteiger partial charge in [-0.1, -0.05) is 0 Å². The topological polar surface area (TPSA) is 90.3 Å². The lowest BCUT2D eigenvalue weighted by atomic mass is 10.4. The molecule has 0 aliphatic rings. The van der Waals surface area contributed by atoms with Crippen LogP contribution in [-0.2, 0) is 0 Å². The molecule has 0 saturated carbocycles. The van der Waals surface area contributed by atoms with Crippen molar-refractivity contribution in [3.05, 3.63) is 33.7 Å². The standard InChI is InChI=1S/C5H4N2O4/c8-5-3-4(7(10)11)1-2-6(5)9/h1-3,8H. The Hall–Kier alpha value is -1.85. The van der Waals surface area contributed by atoms with Crippen LogP contribution in [0, 0.1) is 15.3 Å². The smallest absolute Gasteiger partial charge is 0.383 e. The average Bonchev–Trinajstić information content (AvgIpc) is 1.94. The summed E-state index contributed by atoms with van der Waals surface area (Å²) in [4.78, 5) is 9.35. The molecule has 1 heterocycles. The quantitative estimate of drug-likeness (QED) is 0.267. The van der Waals surface area contributed by atoms with Crippen LogP contribution in [0.15, 0.2) is 18.3 Å². The van der Waals surface area contributed by atoms with Gasteiger partial charge in [-0.2, -0.15) is 0 Å². The first kappa shape index (κ1) is 7.26. The van der Waals surface area contributed by atoms with Gasteiger partial charge in [0.15, 0.2) is 6.20 Å². The van der Waals surface area contributed by atoms with Crippen molar-refractivity contribution in [3.63, 3.8) is 0 Å². The number of nitrogens with zero attached hydrogens (tertiary/aromatic N) is 2. The first-order chi connectivity index (χ1) is 5.11. The SMILES string of the molecule is O=[N+]([O-])c1cc[n+]([O-])c(O)c1. The lowest BCUT2D eigenvalue weighted by molar-refractivity contribution is -0.614. The summed E-state index contributed by atoms with van der Waals surface area (Å²) in [6.45, 7) is 0. The highest BCUT2D eigenvalue weighted by Crippen LogP contribution is 2.12. The molecule has 0 atom stereocenters. The highest BCUT2D eigenvalue weighted by molar-refractivity contribution is 5.28. The minimum atomic E-state index is -0.695. The predicted octanol–water partition coefficient (Wildman–Crippen LogP) is -0.0662. The number of rotatable bonds is 1. The number of aromatic hydroxyl groups is 1. The Morgan fingerprint density at radius 1 is 1.64 bits per heavy atom. The van der Waals surface area contributed by atoms with Crippen molar-refractivity contribution in [2.45, 2.75) is 0 Å². The van der Waals surface area contributed by atoms with Crippen molar-refractivity contribution >= 4 is 5.69 Å². The second-order valence-corrected chi connectivity index (χ2v) is 1.83. The van der Waals surface area contributed by atoms with Gasteiger partial charge in [0.25, 0.3) is 5.69 Å². The van der Waals surface area contributed by atoms with E-state index in [1.165, 1.54) is 0 Å². The van der Waals surface area contributed by atoms with Gasteiger partial charge < -0.3 is 10.3 Å². The van der Waals surface area contributed by atoms with E-state index in [9.17, 15) is 15.3 Å². The molecule has 1 N–H and O–H groups in total. The molecule has 0 fully saturated rings. The zero-order valence-electron chi connectivity index (χ0n) is 5.30. The molecule has 0 aliphatic heterocycles. The molecule has 6 nitrogen and oxygen atoms in total. The number of hydrogen-bond acceptors (Lipinski definition) is 4. The van der Waals surface area contributed by atoms with Gasteiger partial charge in [-0.05, 0) is 0 Å². The molecular formula is C5H4N2O4. The first-order valence-corrected chi connectivity index (χ1v) is 2.68. The van der Waals surface area contributed by atoms with Crippen LogP contribution in [-0.4, -0.2) is 10.0 Å². The fraction of sp³-hybridized carbons (Fsp3) is 0. The third-order valence-electron chi connectivity index (χ3n) is 1.09. The number of hydrogen-bond donors (Lipinski definition) is 1. The van der Waals surface area contributed by atoms with Crippen LogP contribution >= 0.6 is 0 Å². The monoisotopic (exact) mass is 156 g/mol. The van der Waals surface area contributed by atoms with Gasteiger partial charge in [0.1, 0.15) is 6.07 Å². The Kier molecular flexibility index (Phi) is 1.59. The summed E-state index contributed by atoms with van der Waals surface area (Å²) in [7, 11) is 0. The van der Waals surface area contributed by atoms with Gasteiger partial charge in [-0.25, -0.2) is 0 Å². The third-order valence-corrected chi connectivity index (χ3v) is 1.09. The van der Waals surface area contributed by atoms with Gasteiger partial charge in [-0.3, -0.25) is 10.1 Å². The van der Waals surface area contributed by atoms with Crippen molar-refractivity contribution < 1.29 is 14.8 Å². The Morgan fingerprint density at radius 2 is 2.27 bits per heavy atom. The second kappa shape index (κ2) is 2.41. The normalized spacial score (nSPS) is 9.45. The van der Waals surface area contributed by atoms with Crippen LogP contribution in [0.1, 0.15) is 0 Å². The van der Waals surface area contributed by atoms with Gasteiger partial charge in [0, 0.05) is 0 Å². The van der Waals surface area contributed by atoms with Crippen LogP contribution in [0.3, 0.4) is 0 Å². The van der Waals surface area contributed by atoms with Crippen LogP contribution in [0.2, 0.25) is 0 Å². The average molecular weight is 156 g/mol. The molecule has 0 unspecified atom stereocenters. The fourth-order valence-corrected chi connectivity index (χ4v) is 0.578. The van der Waals surface area contributed by atoms with Crippen molar-refractivity contribution in [1.82, 2.24) is 0 Å². The summed E-state index contributed by atoms with van der Waals surface area (Å²) in [6.07, 6.45) is 0.869. The van der Waals surface area contributed by atoms with Crippen molar-refractivity contribution in [1.29, 1.82) is 0 Å². The Labute approximate surface area is 61.1 Å². The predicted molar refractivity (Wildman–Crippen MR) is 33.7 cm³/mol. The van der Waals surface area contributed by atoms with Crippen LogP contribution in [0.5, 0.6) is 5.88 Å². The molecule has 0 radical (unpaired) electrons. The van der Waals surface area contributed by atoms with Crippen LogP contribution < -0.4 is 4.73 Å². The Morgan fingerprint density at radius 3 is 2.73 bits per heavy atom. The Balaban J connectivity index is 3.15. The molecule has 0 spiro atoms. The van der Waals surface area contributed by atoms with E-state index in [1.807, 2.05) is 0 Å². The molecule has 58 valence electrons. The summed E-state index contributed by atoms with van der Waals surface area (Å²) < 4.78 is 0.132. The summed E-state index contributed by atoms with van der Waals surface area (Å²) in [5.41, 5.74) is -0.311. The maximum absolute atomic E-state index is 10.4. The number of aromatic nitrogens is 1. The van der Waals surface area contributed by atoms with E-state index in [4.69, 9.17) is 5.11 Å². The van der Waals surface area contributed by atoms with E-state index >= 15 is 0 Å². The lowest BCUT2D eigenvalue weighted by Gasteiger charge is -1.95. The molecule has 1 aromatic rings. The van der Waals surface area contributed by atoms with E-state index in [2.05, 4.69) is 0 Å². The molecular weight excluding hydrogens is 152 g/mol. The fourth-order valence-electron chi connectivity index (χ4n) is 0.578. The van der Waals surface area contributed by atoms with Crippen LogP contribution in [0.25, 0.3) is 0 Å². The zero-order chi connectivity index (χ0) is 8.43. The molecule has 1 aromatic heterocycles. The number of nitro groups is 1. The Bertz CT molecular complexity index is 299. The second-order valence-electron chi connectivity index (χ2n) is 1.83. The number of pyridine rings is 1. The summed E-state index contributed by atoms with van der Waals surface area (Å²) in [5.74, 6) is -0.681. The maximum atomic E-state index is 10.4. The van der Waals surface area contributed by atoms with Crippen molar-refractivity contribution in [2.75, 3.05) is 0 Å². The zero-order valence-corrected chi connectivity index (χ0v) is 5.30. The van der Waals surface area contributed by atoms with Crippen molar-refractivity contribution in [3.8, 4) is 5.88 Å². The van der Waals surface area contributed by atoms with E-state index in [-0.39, 0.29) is 10.4 Å². The highest BCUT2D eigenvalue weighted by Gasteiger charge is 2.11. The maximum Gasteiger partial charge on any atom is 0.383 e.